The third kappa shape index (κ3) is 3.02. The number of halogens is 1. The van der Waals surface area contributed by atoms with Crippen molar-refractivity contribution < 1.29 is 14.7 Å². The number of pyridine rings is 1. The first-order chi connectivity index (χ1) is 6.59. The Bertz CT molecular complexity index is 367. The first-order valence-electron chi connectivity index (χ1n) is 3.71. The predicted molar refractivity (Wildman–Crippen MR) is 50.1 cm³/mol. The minimum atomic E-state index is -1.19. The smallest absolute Gasteiger partial charge is 0.312 e. The molecule has 0 bridgehead atoms. The lowest BCUT2D eigenvalue weighted by atomic mass is 10.3. The molecule has 1 rings (SSSR count). The van der Waals surface area contributed by atoms with Gasteiger partial charge in [-0.3, -0.25) is 14.6 Å². The van der Waals surface area contributed by atoms with Crippen LogP contribution in [0.2, 0.25) is 5.02 Å². The zero-order chi connectivity index (χ0) is 10.6. The molecule has 0 radical (unpaired) electrons. The summed E-state index contributed by atoms with van der Waals surface area (Å²) in [5.41, 5.74) is 0.306. The first-order valence-corrected chi connectivity index (χ1v) is 4.08. The van der Waals surface area contributed by atoms with Gasteiger partial charge in [-0.05, 0) is 6.07 Å². The fraction of sp³-hybridized carbons (Fsp3) is 0.125. The number of nitrogens with one attached hydrogen (secondary N) is 1. The summed E-state index contributed by atoms with van der Waals surface area (Å²) in [5, 5.41) is 11.0. The number of carboxylic acids is 1. The molecule has 0 saturated carbocycles. The highest BCUT2D eigenvalue weighted by molar-refractivity contribution is 6.33. The Morgan fingerprint density at radius 1 is 1.57 bits per heavy atom. The van der Waals surface area contributed by atoms with Gasteiger partial charge >= 0.3 is 5.97 Å². The number of carbonyl (C=O) groups excluding carboxylic acids is 1. The molecule has 14 heavy (non-hydrogen) atoms. The molecule has 6 heteroatoms. The summed E-state index contributed by atoms with van der Waals surface area (Å²) >= 11 is 5.70. The number of amides is 1. The average molecular weight is 215 g/mol. The maximum absolute atomic E-state index is 11.0. The SMILES string of the molecule is O=C(O)CC(=O)Nc1cnccc1Cl. The molecular weight excluding hydrogens is 208 g/mol. The minimum absolute atomic E-state index is 0.306. The monoisotopic (exact) mass is 214 g/mol. The van der Waals surface area contributed by atoms with Crippen molar-refractivity contribution in [1.29, 1.82) is 0 Å². The van der Waals surface area contributed by atoms with Crippen LogP contribution >= 0.6 is 11.6 Å². The fourth-order valence-electron chi connectivity index (χ4n) is 0.801. The molecule has 0 aliphatic heterocycles. The number of hydrogen-bond acceptors (Lipinski definition) is 3. The molecule has 0 aliphatic rings. The molecule has 0 fully saturated rings. The Labute approximate surface area is 84.7 Å². The van der Waals surface area contributed by atoms with Crippen LogP contribution in [0.3, 0.4) is 0 Å². The van der Waals surface area contributed by atoms with Crippen molar-refractivity contribution in [1.82, 2.24) is 4.98 Å². The van der Waals surface area contributed by atoms with Crippen LogP contribution in [0.1, 0.15) is 6.42 Å². The zero-order valence-electron chi connectivity index (χ0n) is 7.03. The van der Waals surface area contributed by atoms with E-state index in [0.29, 0.717) is 10.7 Å². The molecule has 1 heterocycles. The average Bonchev–Trinajstić information content (AvgIpc) is 2.07. The van der Waals surface area contributed by atoms with Crippen molar-refractivity contribution in [2.24, 2.45) is 0 Å². The quantitative estimate of drug-likeness (QED) is 0.740. The van der Waals surface area contributed by atoms with E-state index in [-0.39, 0.29) is 0 Å². The maximum Gasteiger partial charge on any atom is 0.312 e. The second kappa shape index (κ2) is 4.57. The van der Waals surface area contributed by atoms with E-state index in [1.807, 2.05) is 0 Å². The molecule has 2 N–H and O–H groups in total. The molecule has 1 aromatic rings. The zero-order valence-corrected chi connectivity index (χ0v) is 7.78. The van der Waals surface area contributed by atoms with Gasteiger partial charge in [-0.15, -0.1) is 0 Å². The van der Waals surface area contributed by atoms with Crippen LogP contribution in [0.4, 0.5) is 5.69 Å². The van der Waals surface area contributed by atoms with E-state index >= 15 is 0 Å². The third-order valence-corrected chi connectivity index (χ3v) is 1.68. The van der Waals surface area contributed by atoms with Crippen molar-refractivity contribution >= 4 is 29.2 Å². The lowest BCUT2D eigenvalue weighted by Gasteiger charge is -2.03. The molecule has 1 aromatic heterocycles. The molecule has 74 valence electrons. The van der Waals surface area contributed by atoms with E-state index in [1.165, 1.54) is 18.5 Å². The third-order valence-electron chi connectivity index (χ3n) is 1.35. The first kappa shape index (κ1) is 10.5. The molecule has 1 amide bonds. The van der Waals surface area contributed by atoms with Gasteiger partial charge in [-0.25, -0.2) is 0 Å². The highest BCUT2D eigenvalue weighted by atomic mass is 35.5. The van der Waals surface area contributed by atoms with Crippen LogP contribution in [0.5, 0.6) is 0 Å². The molecule has 0 atom stereocenters. The van der Waals surface area contributed by atoms with Gasteiger partial charge < -0.3 is 10.4 Å². The summed E-state index contributed by atoms with van der Waals surface area (Å²) in [4.78, 5) is 24.9. The van der Waals surface area contributed by atoms with Crippen molar-refractivity contribution in [3.05, 3.63) is 23.5 Å². The Morgan fingerprint density at radius 2 is 2.29 bits per heavy atom. The topological polar surface area (TPSA) is 79.3 Å². The van der Waals surface area contributed by atoms with E-state index in [2.05, 4.69) is 10.3 Å². The number of rotatable bonds is 3. The van der Waals surface area contributed by atoms with Gasteiger partial charge in [0.15, 0.2) is 0 Å². The number of anilines is 1. The van der Waals surface area contributed by atoms with Crippen LogP contribution in [-0.2, 0) is 9.59 Å². The van der Waals surface area contributed by atoms with Crippen molar-refractivity contribution in [2.45, 2.75) is 6.42 Å². The summed E-state index contributed by atoms with van der Waals surface area (Å²) < 4.78 is 0. The van der Waals surface area contributed by atoms with Gasteiger partial charge in [-0.1, -0.05) is 11.6 Å². The Morgan fingerprint density at radius 3 is 2.86 bits per heavy atom. The van der Waals surface area contributed by atoms with E-state index in [4.69, 9.17) is 16.7 Å². The summed E-state index contributed by atoms with van der Waals surface area (Å²) in [6.45, 7) is 0. The van der Waals surface area contributed by atoms with Gasteiger partial charge in [-0.2, -0.15) is 0 Å². The second-order valence-electron chi connectivity index (χ2n) is 2.47. The number of hydrogen-bond donors (Lipinski definition) is 2. The number of carboxylic acid groups (broad SMARTS) is 1. The van der Waals surface area contributed by atoms with E-state index in [0.717, 1.165) is 0 Å². The standard InChI is InChI=1S/C8H7ClN2O3/c9-5-1-2-10-4-6(5)11-7(12)3-8(13)14/h1-2,4H,3H2,(H,11,12)(H,13,14). The normalized spacial score (nSPS) is 9.50. The van der Waals surface area contributed by atoms with Crippen LogP contribution in [-0.4, -0.2) is 22.0 Å². The summed E-state index contributed by atoms with van der Waals surface area (Å²) in [6, 6.07) is 1.50. The molecule has 0 unspecified atom stereocenters. The number of aliphatic carboxylic acids is 1. The molecule has 0 aromatic carbocycles. The molecule has 0 spiro atoms. The minimum Gasteiger partial charge on any atom is -0.481 e. The number of carbonyl (C=O) groups is 2. The van der Waals surface area contributed by atoms with Crippen LogP contribution < -0.4 is 5.32 Å². The second-order valence-corrected chi connectivity index (χ2v) is 2.88. The Balaban J connectivity index is 2.65. The summed E-state index contributed by atoms with van der Waals surface area (Å²) in [6.07, 6.45) is 2.22. The van der Waals surface area contributed by atoms with E-state index in [9.17, 15) is 9.59 Å². The molecular formula is C8H7ClN2O3. The lowest BCUT2D eigenvalue weighted by Crippen LogP contribution is -2.16. The fourth-order valence-corrected chi connectivity index (χ4v) is 0.954. The maximum atomic E-state index is 11.0. The van der Waals surface area contributed by atoms with Crippen LogP contribution in [0, 0.1) is 0 Å². The van der Waals surface area contributed by atoms with Gasteiger partial charge in [0.05, 0.1) is 16.9 Å². The van der Waals surface area contributed by atoms with Gasteiger partial charge in [0.2, 0.25) is 5.91 Å². The van der Waals surface area contributed by atoms with Crippen molar-refractivity contribution in [3.63, 3.8) is 0 Å². The van der Waals surface area contributed by atoms with Crippen molar-refractivity contribution in [3.8, 4) is 0 Å². The summed E-state index contributed by atoms with van der Waals surface area (Å²) in [5.74, 6) is -1.82. The highest BCUT2D eigenvalue weighted by Gasteiger charge is 2.09. The summed E-state index contributed by atoms with van der Waals surface area (Å²) in [7, 11) is 0. The molecule has 0 saturated heterocycles. The van der Waals surface area contributed by atoms with Gasteiger partial charge in [0.1, 0.15) is 6.42 Å². The Hall–Kier alpha value is -1.62. The van der Waals surface area contributed by atoms with Crippen LogP contribution in [0.15, 0.2) is 18.5 Å². The lowest BCUT2D eigenvalue weighted by molar-refractivity contribution is -0.139. The van der Waals surface area contributed by atoms with Gasteiger partial charge in [0.25, 0.3) is 0 Å². The van der Waals surface area contributed by atoms with Crippen LogP contribution in [0.25, 0.3) is 0 Å². The largest absolute Gasteiger partial charge is 0.481 e. The number of aromatic nitrogens is 1. The van der Waals surface area contributed by atoms with Gasteiger partial charge in [0, 0.05) is 6.20 Å². The molecule has 0 aliphatic carbocycles. The predicted octanol–water partition coefficient (Wildman–Crippen LogP) is 1.15. The van der Waals surface area contributed by atoms with E-state index < -0.39 is 18.3 Å². The highest BCUT2D eigenvalue weighted by Crippen LogP contribution is 2.18. The van der Waals surface area contributed by atoms with Crippen molar-refractivity contribution in [2.75, 3.05) is 5.32 Å². The van der Waals surface area contributed by atoms with E-state index in [1.54, 1.807) is 0 Å². The molecule has 5 nitrogen and oxygen atoms in total. The Kier molecular flexibility index (Phi) is 3.41. The number of nitrogens with zero attached hydrogens (tertiary/aromatic N) is 1.